The highest BCUT2D eigenvalue weighted by atomic mass is 32.1. The van der Waals surface area contributed by atoms with E-state index in [9.17, 15) is 14.7 Å². The number of hydrogen-bond acceptors (Lipinski definition) is 8. The van der Waals surface area contributed by atoms with E-state index < -0.39 is 23.5 Å². The van der Waals surface area contributed by atoms with Gasteiger partial charge in [0.25, 0.3) is 5.91 Å². The van der Waals surface area contributed by atoms with Crippen molar-refractivity contribution in [2.75, 3.05) is 40.4 Å². The minimum absolute atomic E-state index is 0.0306. The number of Topliss-reactive ketones (excluding diaryl/α,β-unsaturated/α-hetero) is 1. The van der Waals surface area contributed by atoms with Crippen LogP contribution in [0.4, 0.5) is 0 Å². The molecule has 0 saturated carbocycles. The third-order valence-electron chi connectivity index (χ3n) is 7.42. The molecule has 0 bridgehead atoms. The summed E-state index contributed by atoms with van der Waals surface area (Å²) in [7, 11) is 3.06. The fraction of sp³-hybridized carbons (Fsp3) is 0.345. The van der Waals surface area contributed by atoms with Gasteiger partial charge in [0.1, 0.15) is 0 Å². The predicted molar refractivity (Wildman–Crippen MR) is 151 cm³/mol. The van der Waals surface area contributed by atoms with Crippen molar-refractivity contribution >= 4 is 39.0 Å². The molecule has 4 aromatic rings. The second-order valence-corrected chi connectivity index (χ2v) is 10.3. The van der Waals surface area contributed by atoms with Gasteiger partial charge in [-0.05, 0) is 38.2 Å². The number of aliphatic hydroxyl groups excluding tert-OH is 1. The monoisotopic (exact) mass is 548 g/mol. The SMILES string of the molecule is CCN(CC)CCN1C(=O)C(O)=C(C(=O)c2sc3nc4ccccc4n3c2C)C1c1cccc(OC)c1OC. The lowest BCUT2D eigenvalue weighted by Crippen LogP contribution is -2.38. The summed E-state index contributed by atoms with van der Waals surface area (Å²) >= 11 is 1.25. The van der Waals surface area contributed by atoms with Crippen molar-refractivity contribution in [1.82, 2.24) is 19.2 Å². The molecule has 3 heterocycles. The van der Waals surface area contributed by atoms with E-state index in [0.29, 0.717) is 45.7 Å². The molecule has 1 aliphatic heterocycles. The van der Waals surface area contributed by atoms with Gasteiger partial charge in [0.15, 0.2) is 22.2 Å². The number of carbonyl (C=O) groups is 2. The van der Waals surface area contributed by atoms with Crippen LogP contribution in [0.3, 0.4) is 0 Å². The summed E-state index contributed by atoms with van der Waals surface area (Å²) in [5.74, 6) is -0.636. The topological polar surface area (TPSA) is 96.6 Å². The van der Waals surface area contributed by atoms with Crippen molar-refractivity contribution in [3.05, 3.63) is 69.9 Å². The molecule has 1 atom stereocenters. The Kier molecular flexibility index (Phi) is 7.33. The zero-order valence-corrected chi connectivity index (χ0v) is 23.5. The Balaban J connectivity index is 1.65. The number of benzene rings is 2. The highest BCUT2D eigenvalue weighted by Crippen LogP contribution is 2.46. The first-order valence-corrected chi connectivity index (χ1v) is 13.8. The van der Waals surface area contributed by atoms with Crippen LogP contribution in [0.2, 0.25) is 0 Å². The number of aromatic nitrogens is 2. The molecule has 9 nitrogen and oxygen atoms in total. The molecule has 2 aromatic carbocycles. The third-order valence-corrected chi connectivity index (χ3v) is 8.56. The number of fused-ring (bicyclic) bond motifs is 3. The fourth-order valence-electron chi connectivity index (χ4n) is 5.35. The summed E-state index contributed by atoms with van der Waals surface area (Å²) in [6.07, 6.45) is 0. The molecule has 204 valence electrons. The van der Waals surface area contributed by atoms with Crippen LogP contribution in [0.5, 0.6) is 11.5 Å². The van der Waals surface area contributed by atoms with E-state index in [-0.39, 0.29) is 5.57 Å². The summed E-state index contributed by atoms with van der Waals surface area (Å²) in [4.78, 5) is 37.3. The van der Waals surface area contributed by atoms with Crippen LogP contribution in [0.25, 0.3) is 16.0 Å². The molecule has 1 N–H and O–H groups in total. The molecule has 1 amide bonds. The molecular weight excluding hydrogens is 516 g/mol. The number of likely N-dealkylation sites (N-methyl/N-ethyl adjacent to an activating group) is 1. The second-order valence-electron chi connectivity index (χ2n) is 9.34. The van der Waals surface area contributed by atoms with Gasteiger partial charge in [0, 0.05) is 24.3 Å². The fourth-order valence-corrected chi connectivity index (χ4v) is 6.45. The van der Waals surface area contributed by atoms with Gasteiger partial charge in [-0.2, -0.15) is 0 Å². The molecule has 5 rings (SSSR count). The maximum absolute atomic E-state index is 14.3. The van der Waals surface area contributed by atoms with Gasteiger partial charge in [-0.3, -0.25) is 14.0 Å². The maximum atomic E-state index is 14.3. The molecule has 0 radical (unpaired) electrons. The third kappa shape index (κ3) is 4.33. The highest BCUT2D eigenvalue weighted by Gasteiger charge is 2.46. The molecule has 1 aliphatic rings. The number of ketones is 1. The molecule has 39 heavy (non-hydrogen) atoms. The first kappa shape index (κ1) is 26.7. The highest BCUT2D eigenvalue weighted by molar-refractivity contribution is 7.19. The van der Waals surface area contributed by atoms with Crippen molar-refractivity contribution in [3.8, 4) is 11.5 Å². The Morgan fingerprint density at radius 1 is 1.10 bits per heavy atom. The average Bonchev–Trinajstić information content (AvgIpc) is 3.57. The lowest BCUT2D eigenvalue weighted by molar-refractivity contribution is -0.129. The number of carbonyl (C=O) groups excluding carboxylic acids is 2. The summed E-state index contributed by atoms with van der Waals surface area (Å²) in [5, 5.41) is 11.2. The van der Waals surface area contributed by atoms with Crippen molar-refractivity contribution < 1.29 is 24.2 Å². The summed E-state index contributed by atoms with van der Waals surface area (Å²) < 4.78 is 13.2. The van der Waals surface area contributed by atoms with E-state index in [1.165, 1.54) is 25.6 Å². The number of nitrogens with zero attached hydrogens (tertiary/aromatic N) is 4. The maximum Gasteiger partial charge on any atom is 0.290 e. The van der Waals surface area contributed by atoms with Gasteiger partial charge in [-0.1, -0.05) is 49.4 Å². The van der Waals surface area contributed by atoms with Crippen molar-refractivity contribution in [3.63, 3.8) is 0 Å². The van der Waals surface area contributed by atoms with Crippen LogP contribution in [0, 0.1) is 6.92 Å². The van der Waals surface area contributed by atoms with Gasteiger partial charge in [0.2, 0.25) is 5.78 Å². The van der Waals surface area contributed by atoms with Gasteiger partial charge in [-0.25, -0.2) is 4.98 Å². The molecular formula is C29H32N4O5S. The number of imidazole rings is 1. The van der Waals surface area contributed by atoms with E-state index in [1.54, 1.807) is 23.1 Å². The normalized spacial score (nSPS) is 15.8. The second kappa shape index (κ2) is 10.7. The number of ether oxygens (including phenoxy) is 2. The zero-order chi connectivity index (χ0) is 27.8. The smallest absolute Gasteiger partial charge is 0.290 e. The Hall–Kier alpha value is -3.89. The van der Waals surface area contributed by atoms with Crippen molar-refractivity contribution in [2.24, 2.45) is 0 Å². The standard InChI is InChI=1S/C29H32N4O5S/c1-6-31(7-2)15-16-32-23(18-11-10-14-21(37-4)26(18)38-5)22(25(35)28(32)36)24(34)27-17(3)33-20-13-9-8-12-19(20)30-29(33)39-27/h8-14,23,35H,6-7,15-16H2,1-5H3. The minimum Gasteiger partial charge on any atom is -0.503 e. The van der Waals surface area contributed by atoms with E-state index in [1.807, 2.05) is 35.6 Å². The van der Waals surface area contributed by atoms with Crippen LogP contribution in [-0.4, -0.2) is 76.4 Å². The molecule has 0 saturated heterocycles. The quantitative estimate of drug-likeness (QED) is 0.285. The molecule has 10 heteroatoms. The zero-order valence-electron chi connectivity index (χ0n) is 22.7. The lowest BCUT2D eigenvalue weighted by Gasteiger charge is -2.30. The summed E-state index contributed by atoms with van der Waals surface area (Å²) in [6, 6.07) is 12.2. The Morgan fingerprint density at radius 2 is 1.85 bits per heavy atom. The Morgan fingerprint density at radius 3 is 2.54 bits per heavy atom. The van der Waals surface area contributed by atoms with Gasteiger partial charge in [-0.15, -0.1) is 0 Å². The molecule has 1 unspecified atom stereocenters. The van der Waals surface area contributed by atoms with Crippen molar-refractivity contribution in [2.45, 2.75) is 26.8 Å². The van der Waals surface area contributed by atoms with Crippen LogP contribution in [0.1, 0.15) is 40.8 Å². The Bertz CT molecular complexity index is 1600. The molecule has 2 aromatic heterocycles. The van der Waals surface area contributed by atoms with E-state index in [0.717, 1.165) is 24.1 Å². The number of thiazole rings is 1. The number of aryl methyl sites for hydroxylation is 1. The van der Waals surface area contributed by atoms with Gasteiger partial charge >= 0.3 is 0 Å². The summed E-state index contributed by atoms with van der Waals surface area (Å²) in [6.45, 7) is 8.53. The number of amides is 1. The lowest BCUT2D eigenvalue weighted by atomic mass is 9.94. The number of hydrogen-bond donors (Lipinski definition) is 1. The van der Waals surface area contributed by atoms with E-state index in [4.69, 9.17) is 9.47 Å². The molecule has 0 aliphatic carbocycles. The van der Waals surface area contributed by atoms with Crippen molar-refractivity contribution in [1.29, 1.82) is 0 Å². The van der Waals surface area contributed by atoms with E-state index in [2.05, 4.69) is 23.7 Å². The molecule has 0 spiro atoms. The average molecular weight is 549 g/mol. The van der Waals surface area contributed by atoms with Crippen LogP contribution in [-0.2, 0) is 4.79 Å². The van der Waals surface area contributed by atoms with E-state index >= 15 is 0 Å². The number of methoxy groups -OCH3 is 2. The van der Waals surface area contributed by atoms with Gasteiger partial charge < -0.3 is 24.4 Å². The molecule has 0 fully saturated rings. The Labute approximate surface area is 230 Å². The largest absolute Gasteiger partial charge is 0.503 e. The first-order valence-electron chi connectivity index (χ1n) is 12.9. The minimum atomic E-state index is -0.851. The van der Waals surface area contributed by atoms with Crippen LogP contribution >= 0.6 is 11.3 Å². The predicted octanol–water partition coefficient (Wildman–Crippen LogP) is 4.79. The number of para-hydroxylation sites is 3. The van der Waals surface area contributed by atoms with Gasteiger partial charge in [0.05, 0.1) is 41.7 Å². The van der Waals surface area contributed by atoms with Crippen LogP contribution < -0.4 is 9.47 Å². The number of aliphatic hydroxyl groups is 1. The summed E-state index contributed by atoms with van der Waals surface area (Å²) in [5.41, 5.74) is 3.04. The van der Waals surface area contributed by atoms with Crippen LogP contribution in [0.15, 0.2) is 53.8 Å². The number of rotatable bonds is 10. The first-order chi connectivity index (χ1) is 18.9.